The van der Waals surface area contributed by atoms with Gasteiger partial charge in [0.25, 0.3) is 5.91 Å². The van der Waals surface area contributed by atoms with Crippen LogP contribution >= 0.6 is 15.9 Å². The summed E-state index contributed by atoms with van der Waals surface area (Å²) < 4.78 is 5.70. The molecule has 0 aromatic rings. The minimum absolute atomic E-state index is 0.0960. The lowest BCUT2D eigenvalue weighted by molar-refractivity contribution is -0.160. The fourth-order valence-electron chi connectivity index (χ4n) is 5.59. The number of hydrogen-bond donors (Lipinski definition) is 1. The maximum Gasteiger partial charge on any atom is 0.307 e. The summed E-state index contributed by atoms with van der Waals surface area (Å²) in [5.74, 6) is 1.49. The summed E-state index contributed by atoms with van der Waals surface area (Å²) in [7, 11) is 0. The van der Waals surface area contributed by atoms with Crippen molar-refractivity contribution in [2.24, 2.45) is 23.2 Å². The lowest BCUT2D eigenvalue weighted by Crippen LogP contribution is -2.53. The molecule has 136 valence electrons. The van der Waals surface area contributed by atoms with Crippen molar-refractivity contribution in [2.45, 2.75) is 76.1 Å². The molecule has 4 aliphatic rings. The summed E-state index contributed by atoms with van der Waals surface area (Å²) in [6, 6.07) is 0. The molecule has 24 heavy (non-hydrogen) atoms. The van der Waals surface area contributed by atoms with Crippen LogP contribution in [0.15, 0.2) is 0 Å². The Labute approximate surface area is 153 Å². The van der Waals surface area contributed by atoms with Crippen LogP contribution in [0.5, 0.6) is 0 Å². The van der Waals surface area contributed by atoms with Gasteiger partial charge in [-0.3, -0.25) is 9.59 Å². The van der Waals surface area contributed by atoms with Crippen LogP contribution in [-0.2, 0) is 14.3 Å². The van der Waals surface area contributed by atoms with Crippen LogP contribution in [0.3, 0.4) is 0 Å². The van der Waals surface area contributed by atoms with Crippen molar-refractivity contribution in [3.8, 4) is 0 Å². The smallest absolute Gasteiger partial charge is 0.307 e. The number of amides is 1. The zero-order chi connectivity index (χ0) is 17.5. The maximum absolute atomic E-state index is 12.5. The van der Waals surface area contributed by atoms with E-state index in [1.807, 2.05) is 13.8 Å². The van der Waals surface area contributed by atoms with Gasteiger partial charge in [-0.15, -0.1) is 0 Å². The first kappa shape index (κ1) is 18.2. The van der Waals surface area contributed by atoms with Crippen LogP contribution in [0.25, 0.3) is 0 Å². The van der Waals surface area contributed by atoms with Crippen LogP contribution in [0.2, 0.25) is 0 Å². The molecule has 0 aromatic heterocycles. The number of carbonyl (C=O) groups excluding carboxylic acids is 2. The monoisotopic (exact) mass is 399 g/mol. The van der Waals surface area contributed by atoms with Crippen molar-refractivity contribution in [1.29, 1.82) is 0 Å². The van der Waals surface area contributed by atoms with E-state index in [1.54, 1.807) is 6.92 Å². The van der Waals surface area contributed by atoms with Crippen LogP contribution in [-0.4, -0.2) is 28.8 Å². The van der Waals surface area contributed by atoms with Crippen molar-refractivity contribution >= 4 is 27.8 Å². The Hall–Kier alpha value is -0.580. The molecule has 0 heterocycles. The zero-order valence-corrected chi connectivity index (χ0v) is 16.7. The summed E-state index contributed by atoms with van der Waals surface area (Å²) in [5, 5.41) is 2.83. The molecule has 4 fully saturated rings. The van der Waals surface area contributed by atoms with Gasteiger partial charge in [0, 0.05) is 10.9 Å². The molecule has 5 heteroatoms. The largest absolute Gasteiger partial charge is 0.453 e. The second-order valence-corrected chi connectivity index (χ2v) is 10.7. The minimum Gasteiger partial charge on any atom is -0.453 e. The number of nitrogens with one attached hydrogen (secondary N) is 1. The summed E-state index contributed by atoms with van der Waals surface area (Å²) in [6.45, 7) is 6.36. The number of alkyl halides is 1. The Morgan fingerprint density at radius 3 is 2.33 bits per heavy atom. The van der Waals surface area contributed by atoms with Gasteiger partial charge in [0.05, 0.1) is 6.42 Å². The summed E-state index contributed by atoms with van der Waals surface area (Å²) in [4.78, 5) is 24.5. The molecule has 0 spiro atoms. The third kappa shape index (κ3) is 3.97. The molecule has 1 amide bonds. The van der Waals surface area contributed by atoms with Crippen molar-refractivity contribution < 1.29 is 14.3 Å². The van der Waals surface area contributed by atoms with E-state index in [0.717, 1.165) is 31.1 Å². The molecule has 0 radical (unpaired) electrons. The van der Waals surface area contributed by atoms with E-state index in [0.29, 0.717) is 18.9 Å². The second kappa shape index (κ2) is 6.62. The third-order valence-electron chi connectivity index (χ3n) is 5.99. The predicted octanol–water partition coefficient (Wildman–Crippen LogP) is 3.81. The molecule has 4 nitrogen and oxygen atoms in total. The molecule has 0 aliphatic heterocycles. The fraction of sp³-hybridized carbons (Fsp3) is 0.895. The number of rotatable bonds is 6. The third-order valence-corrected chi connectivity index (χ3v) is 6.92. The lowest BCUT2D eigenvalue weighted by Gasteiger charge is -2.60. The standard InChI is InChI=1S/C19H30BrNO3/c1-12(2)10-21-17(23)13(3)24-16(22)9-18-5-14-4-15(6-18)8-19(20,7-14)11-18/h12-15H,4-11H2,1-3H3,(H,21,23). The molecule has 4 saturated carbocycles. The SMILES string of the molecule is CC(C)CNC(=O)C(C)OC(=O)CC12CC3CC(CC(Br)(C3)C1)C2. The maximum atomic E-state index is 12.5. The quantitative estimate of drug-likeness (QED) is 0.545. The average molecular weight is 400 g/mol. The molecule has 3 unspecified atom stereocenters. The van der Waals surface area contributed by atoms with Crippen molar-refractivity contribution in [2.75, 3.05) is 6.54 Å². The van der Waals surface area contributed by atoms with Crippen molar-refractivity contribution in [3.05, 3.63) is 0 Å². The van der Waals surface area contributed by atoms with Gasteiger partial charge in [-0.1, -0.05) is 29.8 Å². The topological polar surface area (TPSA) is 55.4 Å². The second-order valence-electron chi connectivity index (χ2n) is 9.06. The molecule has 0 aromatic carbocycles. The number of halogens is 1. The molecule has 4 aliphatic carbocycles. The van der Waals surface area contributed by atoms with Gasteiger partial charge in [-0.25, -0.2) is 0 Å². The summed E-state index contributed by atoms with van der Waals surface area (Å²) in [6.07, 6.45) is 6.99. The van der Waals surface area contributed by atoms with Gasteiger partial charge in [0.15, 0.2) is 6.10 Å². The van der Waals surface area contributed by atoms with E-state index in [9.17, 15) is 9.59 Å². The van der Waals surface area contributed by atoms with E-state index in [2.05, 4.69) is 21.2 Å². The first-order valence-corrected chi connectivity index (χ1v) is 10.1. The Morgan fingerprint density at radius 1 is 1.17 bits per heavy atom. The molecule has 0 saturated heterocycles. The lowest BCUT2D eigenvalue weighted by atomic mass is 9.49. The van der Waals surface area contributed by atoms with Gasteiger partial charge in [-0.2, -0.15) is 0 Å². The number of carbonyl (C=O) groups is 2. The Kier molecular flexibility index (Phi) is 5.03. The van der Waals surface area contributed by atoms with Crippen LogP contribution in [0.1, 0.15) is 65.7 Å². The van der Waals surface area contributed by atoms with Gasteiger partial charge < -0.3 is 10.1 Å². The normalized spacial score (nSPS) is 38.2. The van der Waals surface area contributed by atoms with Crippen LogP contribution < -0.4 is 5.32 Å². The highest BCUT2D eigenvalue weighted by Crippen LogP contribution is 2.65. The van der Waals surface area contributed by atoms with Crippen LogP contribution in [0.4, 0.5) is 0 Å². The van der Waals surface area contributed by atoms with Crippen molar-refractivity contribution in [1.82, 2.24) is 5.32 Å². The Bertz CT molecular complexity index is 505. The van der Waals surface area contributed by atoms with E-state index < -0.39 is 6.10 Å². The first-order valence-electron chi connectivity index (χ1n) is 9.35. The van der Waals surface area contributed by atoms with E-state index in [-0.39, 0.29) is 21.6 Å². The fourth-order valence-corrected chi connectivity index (χ4v) is 7.10. The molecule has 4 bridgehead atoms. The highest BCUT2D eigenvalue weighted by Gasteiger charge is 2.57. The van der Waals surface area contributed by atoms with Crippen molar-refractivity contribution in [3.63, 3.8) is 0 Å². The molecule has 4 rings (SSSR count). The highest BCUT2D eigenvalue weighted by atomic mass is 79.9. The summed E-state index contributed by atoms with van der Waals surface area (Å²) in [5.41, 5.74) is 0.0960. The predicted molar refractivity (Wildman–Crippen MR) is 96.8 cm³/mol. The zero-order valence-electron chi connectivity index (χ0n) is 15.1. The highest BCUT2D eigenvalue weighted by molar-refractivity contribution is 9.10. The number of esters is 1. The molecule has 1 N–H and O–H groups in total. The Morgan fingerprint density at radius 2 is 1.79 bits per heavy atom. The van der Waals surface area contributed by atoms with E-state index >= 15 is 0 Å². The summed E-state index contributed by atoms with van der Waals surface area (Å²) >= 11 is 3.97. The average Bonchev–Trinajstić information content (AvgIpc) is 2.40. The van der Waals surface area contributed by atoms with Gasteiger partial charge in [-0.05, 0) is 68.6 Å². The van der Waals surface area contributed by atoms with Crippen LogP contribution in [0, 0.1) is 23.2 Å². The van der Waals surface area contributed by atoms with E-state index in [4.69, 9.17) is 4.74 Å². The van der Waals surface area contributed by atoms with Gasteiger partial charge >= 0.3 is 5.97 Å². The molecule has 3 atom stereocenters. The van der Waals surface area contributed by atoms with Gasteiger partial charge in [0.2, 0.25) is 0 Å². The minimum atomic E-state index is -0.705. The Balaban J connectivity index is 1.54. The molecular formula is C19H30BrNO3. The number of ether oxygens (including phenoxy) is 1. The first-order chi connectivity index (χ1) is 11.2. The van der Waals surface area contributed by atoms with Gasteiger partial charge in [0.1, 0.15) is 0 Å². The number of hydrogen-bond acceptors (Lipinski definition) is 3. The molecular weight excluding hydrogens is 370 g/mol. The van der Waals surface area contributed by atoms with E-state index in [1.165, 1.54) is 19.3 Å².